The van der Waals surface area contributed by atoms with Crippen molar-refractivity contribution >= 4 is 41.8 Å². The fourth-order valence-electron chi connectivity index (χ4n) is 2.79. The van der Waals surface area contributed by atoms with Crippen molar-refractivity contribution in [3.8, 4) is 0 Å². The number of hydrogen-bond acceptors (Lipinski definition) is 4. The lowest BCUT2D eigenvalue weighted by Gasteiger charge is -2.24. The quantitative estimate of drug-likeness (QED) is 0.241. The summed E-state index contributed by atoms with van der Waals surface area (Å²) in [6, 6.07) is 7.09. The van der Waals surface area contributed by atoms with Gasteiger partial charge in [-0.05, 0) is 44.4 Å². The number of nitrogens with one attached hydrogen (secondary N) is 3. The highest BCUT2D eigenvalue weighted by Crippen LogP contribution is 2.23. The summed E-state index contributed by atoms with van der Waals surface area (Å²) in [6.07, 6.45) is 2.13. The Bertz CT molecular complexity index is 673. The number of guanidine groups is 1. The highest BCUT2D eigenvalue weighted by molar-refractivity contribution is 14.0. The number of rotatable bonds is 8. The molecule has 2 amide bonds. The van der Waals surface area contributed by atoms with Gasteiger partial charge in [0.15, 0.2) is 5.96 Å². The molecule has 0 saturated carbocycles. The van der Waals surface area contributed by atoms with Crippen molar-refractivity contribution < 1.29 is 14.3 Å². The van der Waals surface area contributed by atoms with Gasteiger partial charge in [0.05, 0.1) is 18.7 Å². The number of primary amides is 1. The van der Waals surface area contributed by atoms with Crippen LogP contribution in [0.25, 0.3) is 0 Å². The molecule has 0 spiro atoms. The second-order valence-corrected chi connectivity index (χ2v) is 6.80. The zero-order valence-electron chi connectivity index (χ0n) is 16.4. The van der Waals surface area contributed by atoms with E-state index >= 15 is 0 Å². The Balaban J connectivity index is 0.00000392. The first-order chi connectivity index (χ1) is 12.9. The van der Waals surface area contributed by atoms with Crippen LogP contribution < -0.4 is 21.7 Å². The number of carbonyl (C=O) groups is 2. The number of amides is 2. The number of hydrogen-bond donors (Lipinski definition) is 4. The number of halogens is 1. The van der Waals surface area contributed by atoms with Crippen molar-refractivity contribution in [1.29, 1.82) is 0 Å². The molecule has 1 aromatic rings. The molecule has 8 nitrogen and oxygen atoms in total. The summed E-state index contributed by atoms with van der Waals surface area (Å²) in [4.78, 5) is 27.2. The molecule has 9 heteroatoms. The summed E-state index contributed by atoms with van der Waals surface area (Å²) in [5.74, 6) is -0.171. The Morgan fingerprint density at radius 1 is 1.21 bits per heavy atom. The van der Waals surface area contributed by atoms with Gasteiger partial charge in [-0.1, -0.05) is 12.1 Å². The minimum absolute atomic E-state index is 0. The Morgan fingerprint density at radius 3 is 2.50 bits per heavy atom. The van der Waals surface area contributed by atoms with Crippen LogP contribution in [0.2, 0.25) is 0 Å². The Morgan fingerprint density at radius 2 is 1.93 bits per heavy atom. The van der Waals surface area contributed by atoms with Crippen molar-refractivity contribution in [2.24, 2.45) is 10.7 Å². The maximum Gasteiger partial charge on any atom is 0.251 e. The van der Waals surface area contributed by atoms with Crippen LogP contribution in [0.4, 0.5) is 0 Å². The van der Waals surface area contributed by atoms with Gasteiger partial charge in [0.1, 0.15) is 0 Å². The van der Waals surface area contributed by atoms with E-state index in [0.29, 0.717) is 18.7 Å². The van der Waals surface area contributed by atoms with Crippen molar-refractivity contribution in [2.45, 2.75) is 38.8 Å². The van der Waals surface area contributed by atoms with Crippen LogP contribution in [0.3, 0.4) is 0 Å². The van der Waals surface area contributed by atoms with Gasteiger partial charge < -0.3 is 26.4 Å². The van der Waals surface area contributed by atoms with Crippen molar-refractivity contribution in [3.63, 3.8) is 0 Å². The van der Waals surface area contributed by atoms with E-state index in [1.54, 1.807) is 12.1 Å². The predicted octanol–water partition coefficient (Wildman–Crippen LogP) is 1.14. The number of benzene rings is 1. The van der Waals surface area contributed by atoms with Gasteiger partial charge in [-0.25, -0.2) is 4.99 Å². The lowest BCUT2D eigenvalue weighted by atomic mass is 10.0. The van der Waals surface area contributed by atoms with E-state index < -0.39 is 5.91 Å². The van der Waals surface area contributed by atoms with Gasteiger partial charge in [0.2, 0.25) is 5.91 Å². The van der Waals surface area contributed by atoms with Crippen LogP contribution in [-0.4, -0.2) is 49.6 Å². The first-order valence-corrected chi connectivity index (χ1v) is 9.23. The molecule has 28 heavy (non-hydrogen) atoms. The van der Waals surface area contributed by atoms with Crippen LogP contribution in [0, 0.1) is 0 Å². The fraction of sp³-hybridized carbons (Fsp3) is 0.526. The second-order valence-electron chi connectivity index (χ2n) is 6.80. The molecule has 5 N–H and O–H groups in total. The normalized spacial score (nSPS) is 18.9. The summed E-state index contributed by atoms with van der Waals surface area (Å²) >= 11 is 0. The third-order valence-electron chi connectivity index (χ3n) is 4.33. The van der Waals surface area contributed by atoms with E-state index in [1.807, 2.05) is 19.1 Å². The molecule has 0 bridgehead atoms. The molecular weight excluding hydrogens is 473 g/mol. The third kappa shape index (κ3) is 8.01. The number of carbonyl (C=O) groups excluding carboxylic acids is 2. The summed E-state index contributed by atoms with van der Waals surface area (Å²) in [5.41, 5.74) is 6.32. The van der Waals surface area contributed by atoms with Gasteiger partial charge in [0, 0.05) is 25.3 Å². The first-order valence-electron chi connectivity index (χ1n) is 9.23. The lowest BCUT2D eigenvalue weighted by molar-refractivity contribution is -0.117. The molecule has 1 unspecified atom stereocenters. The third-order valence-corrected chi connectivity index (χ3v) is 4.33. The molecule has 0 aliphatic carbocycles. The molecule has 0 radical (unpaired) electrons. The topological polar surface area (TPSA) is 118 Å². The first kappa shape index (κ1) is 24.2. The van der Waals surface area contributed by atoms with Crippen molar-refractivity contribution in [2.75, 3.05) is 26.2 Å². The molecule has 1 aromatic carbocycles. The highest BCUT2D eigenvalue weighted by Gasteiger charge is 2.29. The fourth-order valence-corrected chi connectivity index (χ4v) is 2.79. The Hall–Kier alpha value is -1.88. The minimum Gasteiger partial charge on any atom is -0.373 e. The molecule has 1 aliphatic rings. The lowest BCUT2D eigenvalue weighted by Crippen LogP contribution is -2.45. The van der Waals surface area contributed by atoms with E-state index in [-0.39, 0.29) is 42.0 Å². The zero-order valence-corrected chi connectivity index (χ0v) is 18.7. The maximum atomic E-state index is 11.9. The monoisotopic (exact) mass is 503 g/mol. The molecule has 1 heterocycles. The van der Waals surface area contributed by atoms with Crippen LogP contribution >= 0.6 is 24.0 Å². The molecule has 156 valence electrons. The minimum atomic E-state index is -0.574. The van der Waals surface area contributed by atoms with Gasteiger partial charge in [0.25, 0.3) is 5.91 Å². The summed E-state index contributed by atoms with van der Waals surface area (Å²) in [6.45, 7) is 6.72. The summed E-state index contributed by atoms with van der Waals surface area (Å²) in [7, 11) is 0. The number of nitrogens with two attached hydrogens (primary N) is 1. The highest BCUT2D eigenvalue weighted by atomic mass is 127. The van der Waals surface area contributed by atoms with Gasteiger partial charge in [-0.3, -0.25) is 9.59 Å². The molecule has 2 rings (SSSR count). The largest absolute Gasteiger partial charge is 0.373 e. The van der Waals surface area contributed by atoms with Crippen LogP contribution in [0.1, 0.15) is 42.6 Å². The predicted molar refractivity (Wildman–Crippen MR) is 120 cm³/mol. The molecular formula is C19H30IN5O3. The van der Waals surface area contributed by atoms with Crippen LogP contribution in [-0.2, 0) is 16.1 Å². The summed E-state index contributed by atoms with van der Waals surface area (Å²) in [5, 5.41) is 9.02. The number of nitrogens with zero attached hydrogens (tertiary/aromatic N) is 1. The number of ether oxygens (including phenoxy) is 1. The van der Waals surface area contributed by atoms with E-state index in [2.05, 4.69) is 27.9 Å². The molecule has 1 saturated heterocycles. The zero-order chi connectivity index (χ0) is 19.7. The average molecular weight is 503 g/mol. The van der Waals surface area contributed by atoms with E-state index in [1.165, 1.54) is 0 Å². The van der Waals surface area contributed by atoms with Crippen molar-refractivity contribution in [1.82, 2.24) is 16.0 Å². The van der Waals surface area contributed by atoms with Gasteiger partial charge in [-0.15, -0.1) is 24.0 Å². The Kier molecular flexibility index (Phi) is 10.2. The van der Waals surface area contributed by atoms with Crippen LogP contribution in [0.15, 0.2) is 29.3 Å². The molecule has 1 fully saturated rings. The van der Waals surface area contributed by atoms with Gasteiger partial charge >= 0.3 is 0 Å². The Labute approximate surface area is 183 Å². The smallest absolute Gasteiger partial charge is 0.251 e. The molecule has 0 aromatic heterocycles. The van der Waals surface area contributed by atoms with Crippen molar-refractivity contribution in [3.05, 3.63) is 35.4 Å². The SMILES string of the molecule is CCNC(=NCc1ccc(C(=O)NCC(N)=O)cc1)NCC1(C)CCCO1.I. The molecule has 1 atom stereocenters. The standard InChI is InChI=1S/C19H29N5O3.HI/c1-3-21-18(24-13-19(2)9-4-10-27-19)23-11-14-5-7-15(8-6-14)17(26)22-12-16(20)25;/h5-8H,3-4,9-13H2,1-2H3,(H2,20,25)(H,22,26)(H2,21,23,24);1H. The van der Waals surface area contributed by atoms with E-state index in [9.17, 15) is 9.59 Å². The second kappa shape index (κ2) is 11.8. The van der Waals surface area contributed by atoms with E-state index in [0.717, 1.165) is 37.5 Å². The maximum absolute atomic E-state index is 11.9. The van der Waals surface area contributed by atoms with Gasteiger partial charge in [-0.2, -0.15) is 0 Å². The summed E-state index contributed by atoms with van der Waals surface area (Å²) < 4.78 is 5.79. The molecule has 1 aliphatic heterocycles. The van der Waals surface area contributed by atoms with Crippen LogP contribution in [0.5, 0.6) is 0 Å². The number of aliphatic imine (C=N–C) groups is 1. The van der Waals surface area contributed by atoms with E-state index in [4.69, 9.17) is 10.5 Å². The average Bonchev–Trinajstić information content (AvgIpc) is 3.09.